The zero-order chi connectivity index (χ0) is 15.2. The number of hydrogen-bond donors (Lipinski definition) is 3. The van der Waals surface area contributed by atoms with Gasteiger partial charge in [-0.15, -0.1) is 0 Å². The molecule has 0 spiro atoms. The highest BCUT2D eigenvalue weighted by molar-refractivity contribution is 5.75. The number of carbonyl (C=O) groups is 1. The Morgan fingerprint density at radius 3 is 2.48 bits per heavy atom. The topological polar surface area (TPSA) is 78.8 Å². The number of phenols is 1. The number of carboxylic acids is 1. The molecule has 0 radical (unpaired) electrons. The lowest BCUT2D eigenvalue weighted by Crippen LogP contribution is -2.28. The smallest absolute Gasteiger partial charge is 0.325 e. The summed E-state index contributed by atoms with van der Waals surface area (Å²) in [6.07, 6.45) is 0. The number of nitrogens with one attached hydrogen (secondary N) is 1. The van der Waals surface area contributed by atoms with Gasteiger partial charge in [0.25, 0.3) is 0 Å². The molecule has 2 rings (SSSR count). The maximum atomic E-state index is 11.4. The van der Waals surface area contributed by atoms with E-state index in [0.717, 1.165) is 5.56 Å². The van der Waals surface area contributed by atoms with E-state index in [1.165, 1.54) is 12.1 Å². The molecule has 2 aromatic carbocycles. The quantitative estimate of drug-likeness (QED) is 0.760. The third-order valence-corrected chi connectivity index (χ3v) is 3.16. The Balaban J connectivity index is 2.14. The van der Waals surface area contributed by atoms with E-state index in [9.17, 15) is 15.0 Å². The van der Waals surface area contributed by atoms with Crippen LogP contribution in [0.5, 0.6) is 11.5 Å². The Labute approximate surface area is 122 Å². The summed E-state index contributed by atoms with van der Waals surface area (Å²) < 4.78 is 5.24. The zero-order valence-electron chi connectivity index (χ0n) is 11.6. The number of aromatic hydroxyl groups is 1. The van der Waals surface area contributed by atoms with Crippen molar-refractivity contribution < 1.29 is 19.7 Å². The van der Waals surface area contributed by atoms with Gasteiger partial charge in [-0.1, -0.05) is 30.3 Å². The zero-order valence-corrected chi connectivity index (χ0v) is 11.6. The second-order valence-electron chi connectivity index (χ2n) is 4.56. The minimum Gasteiger partial charge on any atom is -0.508 e. The molecule has 2 aromatic rings. The predicted octanol–water partition coefficient (Wildman–Crippen LogP) is 2.32. The van der Waals surface area contributed by atoms with E-state index in [1.807, 2.05) is 24.3 Å². The molecule has 5 nitrogen and oxygen atoms in total. The van der Waals surface area contributed by atoms with Crippen LogP contribution in [0.15, 0.2) is 48.5 Å². The van der Waals surface area contributed by atoms with Gasteiger partial charge in [0.15, 0.2) is 0 Å². The lowest BCUT2D eigenvalue weighted by Gasteiger charge is -2.16. The normalized spacial score (nSPS) is 11.9. The third kappa shape index (κ3) is 3.73. The molecule has 0 heterocycles. The monoisotopic (exact) mass is 287 g/mol. The van der Waals surface area contributed by atoms with Crippen LogP contribution in [-0.2, 0) is 11.3 Å². The van der Waals surface area contributed by atoms with Gasteiger partial charge in [0.05, 0.1) is 7.11 Å². The number of aliphatic carboxylic acids is 1. The lowest BCUT2D eigenvalue weighted by molar-refractivity contribution is -0.139. The summed E-state index contributed by atoms with van der Waals surface area (Å²) in [6, 6.07) is 12.7. The highest BCUT2D eigenvalue weighted by Crippen LogP contribution is 2.21. The van der Waals surface area contributed by atoms with Gasteiger partial charge in [-0.05, 0) is 23.8 Å². The van der Waals surface area contributed by atoms with E-state index in [-0.39, 0.29) is 5.75 Å². The van der Waals surface area contributed by atoms with Crippen molar-refractivity contribution in [1.29, 1.82) is 0 Å². The average Bonchev–Trinajstić information content (AvgIpc) is 2.49. The highest BCUT2D eigenvalue weighted by Gasteiger charge is 2.19. The molecule has 0 fully saturated rings. The number of carboxylic acid groups (broad SMARTS) is 1. The van der Waals surface area contributed by atoms with Crippen molar-refractivity contribution in [2.75, 3.05) is 7.11 Å². The number of para-hydroxylation sites is 1. The first-order chi connectivity index (χ1) is 10.1. The number of ether oxygens (including phenoxy) is 1. The summed E-state index contributed by atoms with van der Waals surface area (Å²) in [5.74, 6) is -0.164. The van der Waals surface area contributed by atoms with Gasteiger partial charge in [-0.2, -0.15) is 0 Å². The summed E-state index contributed by atoms with van der Waals surface area (Å²) in [4.78, 5) is 11.4. The molecule has 3 N–H and O–H groups in total. The van der Waals surface area contributed by atoms with Crippen LogP contribution in [0.4, 0.5) is 0 Å². The fourth-order valence-electron chi connectivity index (χ4n) is 2.08. The summed E-state index contributed by atoms with van der Waals surface area (Å²) in [6.45, 7) is 0.363. The number of phenolic OH excluding ortho intramolecular Hbond substituents is 1. The number of rotatable bonds is 6. The first kappa shape index (κ1) is 14.9. The maximum absolute atomic E-state index is 11.4. The minimum absolute atomic E-state index is 0.104. The van der Waals surface area contributed by atoms with E-state index in [4.69, 9.17) is 4.74 Å². The van der Waals surface area contributed by atoms with Gasteiger partial charge in [0, 0.05) is 12.1 Å². The molecule has 0 aliphatic carbocycles. The predicted molar refractivity (Wildman–Crippen MR) is 78.3 cm³/mol. The van der Waals surface area contributed by atoms with E-state index >= 15 is 0 Å². The highest BCUT2D eigenvalue weighted by atomic mass is 16.5. The summed E-state index contributed by atoms with van der Waals surface area (Å²) >= 11 is 0. The van der Waals surface area contributed by atoms with Gasteiger partial charge < -0.3 is 14.9 Å². The van der Waals surface area contributed by atoms with E-state index in [1.54, 1.807) is 19.2 Å². The molecule has 0 aromatic heterocycles. The van der Waals surface area contributed by atoms with Crippen molar-refractivity contribution in [2.45, 2.75) is 12.6 Å². The summed E-state index contributed by atoms with van der Waals surface area (Å²) in [7, 11) is 1.58. The van der Waals surface area contributed by atoms with Crippen molar-refractivity contribution in [3.8, 4) is 11.5 Å². The van der Waals surface area contributed by atoms with Crippen LogP contribution < -0.4 is 10.1 Å². The molecular weight excluding hydrogens is 270 g/mol. The number of hydrogen-bond acceptors (Lipinski definition) is 4. The Bertz CT molecular complexity index is 610. The molecule has 21 heavy (non-hydrogen) atoms. The van der Waals surface area contributed by atoms with Gasteiger partial charge in [0.1, 0.15) is 17.5 Å². The summed E-state index contributed by atoms with van der Waals surface area (Å²) in [5, 5.41) is 21.6. The molecule has 0 saturated carbocycles. The molecule has 0 saturated heterocycles. The van der Waals surface area contributed by atoms with Crippen LogP contribution in [0.3, 0.4) is 0 Å². The molecule has 0 aliphatic heterocycles. The van der Waals surface area contributed by atoms with Crippen molar-refractivity contribution in [3.05, 3.63) is 59.7 Å². The largest absolute Gasteiger partial charge is 0.508 e. The van der Waals surface area contributed by atoms with Crippen LogP contribution in [0, 0.1) is 0 Å². The standard InChI is InChI=1S/C16H17NO4/c1-21-14-5-3-2-4-12(14)10-17-15(16(19)20)11-6-8-13(18)9-7-11/h2-9,15,17-18H,10H2,1H3,(H,19,20). The third-order valence-electron chi connectivity index (χ3n) is 3.16. The molecule has 110 valence electrons. The van der Waals surface area contributed by atoms with E-state index in [0.29, 0.717) is 17.9 Å². The first-order valence-corrected chi connectivity index (χ1v) is 6.49. The Morgan fingerprint density at radius 1 is 1.19 bits per heavy atom. The maximum Gasteiger partial charge on any atom is 0.325 e. The number of benzene rings is 2. The van der Waals surface area contributed by atoms with Crippen LogP contribution in [0.2, 0.25) is 0 Å². The molecule has 0 aliphatic rings. The van der Waals surface area contributed by atoms with Crippen molar-refractivity contribution >= 4 is 5.97 Å². The van der Waals surface area contributed by atoms with E-state index < -0.39 is 12.0 Å². The van der Waals surface area contributed by atoms with Crippen molar-refractivity contribution in [1.82, 2.24) is 5.32 Å². The van der Waals surface area contributed by atoms with Gasteiger partial charge in [-0.3, -0.25) is 10.1 Å². The van der Waals surface area contributed by atoms with E-state index in [2.05, 4.69) is 5.32 Å². The van der Waals surface area contributed by atoms with Gasteiger partial charge in [-0.25, -0.2) is 0 Å². The second kappa shape index (κ2) is 6.76. The fraction of sp³-hybridized carbons (Fsp3) is 0.188. The van der Waals surface area contributed by atoms with Crippen LogP contribution in [0.25, 0.3) is 0 Å². The SMILES string of the molecule is COc1ccccc1CNC(C(=O)O)c1ccc(O)cc1. The Hall–Kier alpha value is -2.53. The Morgan fingerprint density at radius 2 is 1.86 bits per heavy atom. The molecule has 5 heteroatoms. The fourth-order valence-corrected chi connectivity index (χ4v) is 2.08. The van der Waals surface area contributed by atoms with Gasteiger partial charge >= 0.3 is 5.97 Å². The Kier molecular flexibility index (Phi) is 4.79. The minimum atomic E-state index is -0.976. The first-order valence-electron chi connectivity index (χ1n) is 6.49. The van der Waals surface area contributed by atoms with Crippen LogP contribution in [-0.4, -0.2) is 23.3 Å². The van der Waals surface area contributed by atoms with Crippen molar-refractivity contribution in [2.24, 2.45) is 0 Å². The van der Waals surface area contributed by atoms with Crippen LogP contribution >= 0.6 is 0 Å². The second-order valence-corrected chi connectivity index (χ2v) is 4.56. The van der Waals surface area contributed by atoms with Crippen LogP contribution in [0.1, 0.15) is 17.2 Å². The van der Waals surface area contributed by atoms with Gasteiger partial charge in [0.2, 0.25) is 0 Å². The average molecular weight is 287 g/mol. The molecule has 1 atom stereocenters. The summed E-state index contributed by atoms with van der Waals surface area (Å²) in [5.41, 5.74) is 1.46. The molecular formula is C16H17NO4. The number of methoxy groups -OCH3 is 1. The van der Waals surface area contributed by atoms with Crippen molar-refractivity contribution in [3.63, 3.8) is 0 Å². The molecule has 0 amide bonds. The molecule has 1 unspecified atom stereocenters. The molecule has 0 bridgehead atoms. The lowest BCUT2D eigenvalue weighted by atomic mass is 10.1.